The van der Waals surface area contributed by atoms with Crippen molar-refractivity contribution in [3.05, 3.63) is 72.8 Å². The fourth-order valence-corrected chi connectivity index (χ4v) is 3.49. The van der Waals surface area contributed by atoms with Gasteiger partial charge < -0.3 is 9.88 Å². The van der Waals surface area contributed by atoms with Crippen LogP contribution in [-0.4, -0.2) is 22.6 Å². The van der Waals surface area contributed by atoms with Gasteiger partial charge in [-0.25, -0.2) is 10.4 Å². The maximum atomic E-state index is 4.75. The molecule has 1 aliphatic rings. The van der Waals surface area contributed by atoms with E-state index in [4.69, 9.17) is 4.98 Å². The van der Waals surface area contributed by atoms with E-state index >= 15 is 0 Å². The largest absolute Gasteiger partial charge is 0.355 e. The molecular weight excluding hydrogens is 310 g/mol. The highest BCUT2D eigenvalue weighted by Gasteiger charge is 2.28. The van der Waals surface area contributed by atoms with Crippen LogP contribution in [0.4, 0.5) is 5.95 Å². The van der Waals surface area contributed by atoms with E-state index in [2.05, 4.69) is 63.7 Å². The molecule has 25 heavy (non-hydrogen) atoms. The van der Waals surface area contributed by atoms with Crippen molar-refractivity contribution in [3.8, 4) is 0 Å². The predicted molar refractivity (Wildman–Crippen MR) is 102 cm³/mol. The predicted octanol–water partition coefficient (Wildman–Crippen LogP) is 3.10. The summed E-state index contributed by atoms with van der Waals surface area (Å²) in [5.41, 5.74) is 10.1. The van der Waals surface area contributed by atoms with Gasteiger partial charge in [0.05, 0.1) is 17.1 Å². The summed E-state index contributed by atoms with van der Waals surface area (Å²) in [4.78, 5) is 4.75. The van der Waals surface area contributed by atoms with Crippen LogP contribution in [0.25, 0.3) is 11.0 Å². The Morgan fingerprint density at radius 2 is 1.96 bits per heavy atom. The Labute approximate surface area is 147 Å². The zero-order valence-electron chi connectivity index (χ0n) is 14.2. The van der Waals surface area contributed by atoms with Gasteiger partial charge in [-0.05, 0) is 17.7 Å². The topological polar surface area (TPSA) is 53.9 Å². The van der Waals surface area contributed by atoms with Gasteiger partial charge >= 0.3 is 0 Å². The first-order valence-corrected chi connectivity index (χ1v) is 8.70. The van der Waals surface area contributed by atoms with Crippen LogP contribution in [0.3, 0.4) is 0 Å². The molecule has 1 aromatic heterocycles. The number of para-hydroxylation sites is 2. The lowest BCUT2D eigenvalue weighted by molar-refractivity contribution is 0.491. The molecule has 2 unspecified atom stereocenters. The van der Waals surface area contributed by atoms with E-state index in [1.807, 2.05) is 24.3 Å². The van der Waals surface area contributed by atoms with Crippen LogP contribution in [-0.2, 0) is 6.54 Å². The Balaban J connectivity index is 1.54. The average Bonchev–Trinajstić information content (AvgIpc) is 3.26. The van der Waals surface area contributed by atoms with Crippen molar-refractivity contribution in [2.45, 2.75) is 12.6 Å². The summed E-state index contributed by atoms with van der Waals surface area (Å²) in [5, 5.41) is 3.55. The highest BCUT2D eigenvalue weighted by atomic mass is 15.4. The highest BCUT2D eigenvalue weighted by Crippen LogP contribution is 2.26. The number of hydrogen-bond acceptors (Lipinski definition) is 4. The number of hydrogen-bond donors (Lipinski definition) is 3. The first-order valence-electron chi connectivity index (χ1n) is 8.70. The van der Waals surface area contributed by atoms with Crippen LogP contribution in [0, 0.1) is 5.92 Å². The molecular formula is C20H23N5. The number of imidazole rings is 1. The molecule has 128 valence electrons. The van der Waals surface area contributed by atoms with Crippen molar-refractivity contribution in [2.24, 2.45) is 5.92 Å². The van der Waals surface area contributed by atoms with Crippen LogP contribution in [0.1, 0.15) is 11.6 Å². The summed E-state index contributed by atoms with van der Waals surface area (Å²) in [7, 11) is 0. The van der Waals surface area contributed by atoms with Gasteiger partial charge in [-0.3, -0.25) is 5.43 Å². The van der Waals surface area contributed by atoms with Gasteiger partial charge in [-0.15, -0.1) is 6.58 Å². The molecule has 3 aromatic rings. The Morgan fingerprint density at radius 1 is 1.16 bits per heavy atom. The van der Waals surface area contributed by atoms with E-state index in [-0.39, 0.29) is 0 Å². The monoisotopic (exact) mass is 333 g/mol. The molecule has 0 spiro atoms. The minimum absolute atomic E-state index is 0.297. The number of fused-ring (bicyclic) bond motifs is 1. The zero-order chi connectivity index (χ0) is 17.1. The van der Waals surface area contributed by atoms with Gasteiger partial charge in [0.25, 0.3) is 0 Å². The highest BCUT2D eigenvalue weighted by molar-refractivity contribution is 5.78. The molecule has 5 nitrogen and oxygen atoms in total. The first kappa shape index (κ1) is 15.9. The second-order valence-corrected chi connectivity index (χ2v) is 6.38. The van der Waals surface area contributed by atoms with Crippen LogP contribution in [0.2, 0.25) is 0 Å². The van der Waals surface area contributed by atoms with Gasteiger partial charge in [0.2, 0.25) is 5.95 Å². The van der Waals surface area contributed by atoms with Crippen LogP contribution >= 0.6 is 0 Å². The van der Waals surface area contributed by atoms with E-state index in [0.717, 1.165) is 36.6 Å². The Kier molecular flexibility index (Phi) is 4.50. The Hall–Kier alpha value is -2.63. The van der Waals surface area contributed by atoms with Crippen molar-refractivity contribution in [2.75, 3.05) is 18.4 Å². The minimum atomic E-state index is 0.297. The van der Waals surface area contributed by atoms with E-state index in [0.29, 0.717) is 12.0 Å². The van der Waals surface area contributed by atoms with Gasteiger partial charge in [0.1, 0.15) is 0 Å². The number of nitrogens with one attached hydrogen (secondary N) is 3. The fraction of sp³-hybridized carbons (Fsp3) is 0.250. The summed E-state index contributed by atoms with van der Waals surface area (Å²) < 4.78 is 2.18. The molecule has 0 aliphatic carbocycles. The molecule has 3 N–H and O–H groups in total. The van der Waals surface area contributed by atoms with Gasteiger partial charge in [0.15, 0.2) is 0 Å². The number of allylic oxidation sites excluding steroid dienone is 1. The molecule has 2 atom stereocenters. The van der Waals surface area contributed by atoms with Crippen molar-refractivity contribution < 1.29 is 0 Å². The lowest BCUT2D eigenvalue weighted by Gasteiger charge is -2.19. The lowest BCUT2D eigenvalue weighted by atomic mass is 9.95. The molecule has 0 amide bonds. The van der Waals surface area contributed by atoms with Crippen molar-refractivity contribution >= 4 is 17.0 Å². The fourth-order valence-electron chi connectivity index (χ4n) is 3.49. The van der Waals surface area contributed by atoms with Gasteiger partial charge in [0, 0.05) is 25.6 Å². The van der Waals surface area contributed by atoms with Crippen molar-refractivity contribution in [3.63, 3.8) is 0 Å². The summed E-state index contributed by atoms with van der Waals surface area (Å²) in [6, 6.07) is 19.1. The lowest BCUT2D eigenvalue weighted by Crippen LogP contribution is -2.26. The third kappa shape index (κ3) is 3.16. The van der Waals surface area contributed by atoms with Crippen LogP contribution in [0.15, 0.2) is 67.3 Å². The number of rotatable bonds is 6. The number of benzene rings is 2. The molecule has 1 aliphatic heterocycles. The van der Waals surface area contributed by atoms with E-state index in [1.165, 1.54) is 5.56 Å². The maximum absolute atomic E-state index is 4.75. The normalized spacial score (nSPS) is 20.0. The SMILES string of the molecule is C=CCn1c(NCC2CNNC2c2ccccc2)nc2ccccc21. The smallest absolute Gasteiger partial charge is 0.204 e. The van der Waals surface area contributed by atoms with Gasteiger partial charge in [-0.1, -0.05) is 48.5 Å². The molecule has 2 aromatic carbocycles. The quantitative estimate of drug-likeness (QED) is 0.607. The van der Waals surface area contributed by atoms with E-state index < -0.39 is 0 Å². The molecule has 4 rings (SSSR count). The van der Waals surface area contributed by atoms with Crippen LogP contribution < -0.4 is 16.2 Å². The number of nitrogens with zero attached hydrogens (tertiary/aromatic N) is 2. The number of anilines is 1. The standard InChI is InChI=1S/C20H23N5/c1-2-12-25-18-11-7-6-10-17(18)23-20(25)21-13-16-14-22-24-19(16)15-8-4-3-5-9-15/h2-11,16,19,22,24H,1,12-14H2,(H,21,23). The summed E-state index contributed by atoms with van der Waals surface area (Å²) in [5.74, 6) is 1.35. The minimum Gasteiger partial charge on any atom is -0.355 e. The summed E-state index contributed by atoms with van der Waals surface area (Å²) in [6.07, 6.45) is 1.91. The molecule has 0 saturated carbocycles. The van der Waals surface area contributed by atoms with Gasteiger partial charge in [-0.2, -0.15) is 0 Å². The Morgan fingerprint density at radius 3 is 2.80 bits per heavy atom. The van der Waals surface area contributed by atoms with Crippen LogP contribution in [0.5, 0.6) is 0 Å². The second kappa shape index (κ2) is 7.09. The maximum Gasteiger partial charge on any atom is 0.204 e. The van der Waals surface area contributed by atoms with E-state index in [1.54, 1.807) is 0 Å². The second-order valence-electron chi connectivity index (χ2n) is 6.38. The molecule has 1 fully saturated rings. The summed E-state index contributed by atoms with van der Waals surface area (Å²) in [6.45, 7) is 6.39. The molecule has 5 heteroatoms. The average molecular weight is 333 g/mol. The summed E-state index contributed by atoms with van der Waals surface area (Å²) >= 11 is 0. The van der Waals surface area contributed by atoms with Crippen molar-refractivity contribution in [1.82, 2.24) is 20.4 Å². The molecule has 0 bridgehead atoms. The number of hydrazine groups is 1. The van der Waals surface area contributed by atoms with E-state index in [9.17, 15) is 0 Å². The number of aromatic nitrogens is 2. The molecule has 2 heterocycles. The third-order valence-corrected chi connectivity index (χ3v) is 4.74. The molecule has 1 saturated heterocycles. The Bertz CT molecular complexity index is 855. The zero-order valence-corrected chi connectivity index (χ0v) is 14.2. The first-order chi connectivity index (χ1) is 12.4. The third-order valence-electron chi connectivity index (χ3n) is 4.74. The molecule has 0 radical (unpaired) electrons. The van der Waals surface area contributed by atoms with Crippen molar-refractivity contribution in [1.29, 1.82) is 0 Å².